The molecule has 0 radical (unpaired) electrons. The molecule has 6 atom stereocenters. The number of ether oxygens (including phenoxy) is 6. The summed E-state index contributed by atoms with van der Waals surface area (Å²) in [5.41, 5.74) is 0.850. The van der Waals surface area contributed by atoms with Crippen LogP contribution < -0.4 is 4.74 Å². The Morgan fingerprint density at radius 1 is 1.17 bits per heavy atom. The molecule has 7 heteroatoms. The summed E-state index contributed by atoms with van der Waals surface area (Å²) in [5, 5.41) is 10.7. The number of rotatable bonds is 5. The number of fused-ring (bicyclic) bond motifs is 1. The summed E-state index contributed by atoms with van der Waals surface area (Å²) in [6, 6.07) is 7.42. The second kappa shape index (κ2) is 7.77. The van der Waals surface area contributed by atoms with Crippen molar-refractivity contribution >= 4 is 0 Å². The predicted octanol–water partition coefficient (Wildman–Crippen LogP) is 1.25. The van der Waals surface area contributed by atoms with Crippen LogP contribution in [0.15, 0.2) is 24.3 Å². The van der Waals surface area contributed by atoms with E-state index in [9.17, 15) is 5.11 Å². The highest BCUT2D eigenvalue weighted by molar-refractivity contribution is 5.28. The number of hydrogen-bond donors (Lipinski definition) is 1. The molecule has 2 aliphatic heterocycles. The molecular formula is C17H24O7. The zero-order valence-electron chi connectivity index (χ0n) is 14.1. The highest BCUT2D eigenvalue weighted by Gasteiger charge is 2.50. The fourth-order valence-corrected chi connectivity index (χ4v) is 3.06. The molecule has 24 heavy (non-hydrogen) atoms. The van der Waals surface area contributed by atoms with Gasteiger partial charge in [-0.25, -0.2) is 0 Å². The van der Waals surface area contributed by atoms with Crippen molar-refractivity contribution in [1.29, 1.82) is 0 Å². The summed E-state index contributed by atoms with van der Waals surface area (Å²) >= 11 is 0. The van der Waals surface area contributed by atoms with E-state index in [0.717, 1.165) is 11.3 Å². The van der Waals surface area contributed by atoms with Gasteiger partial charge in [0, 0.05) is 19.3 Å². The van der Waals surface area contributed by atoms with Crippen LogP contribution in [0.2, 0.25) is 0 Å². The Balaban J connectivity index is 1.73. The Kier molecular flexibility index (Phi) is 5.70. The van der Waals surface area contributed by atoms with Gasteiger partial charge in [-0.1, -0.05) is 12.1 Å². The molecule has 1 unspecified atom stereocenters. The summed E-state index contributed by atoms with van der Waals surface area (Å²) in [5.74, 6) is 0.757. The Labute approximate surface area is 141 Å². The molecule has 0 bridgehead atoms. The minimum Gasteiger partial charge on any atom is -0.497 e. The van der Waals surface area contributed by atoms with Crippen LogP contribution >= 0.6 is 0 Å². The van der Waals surface area contributed by atoms with Gasteiger partial charge in [-0.05, 0) is 19.1 Å². The van der Waals surface area contributed by atoms with Gasteiger partial charge in [-0.15, -0.1) is 0 Å². The SMILES string of the molecule is CCO[C@@H]1[C@@H](OC)O[C@@H]2COC(c3ccc(OC)cc3)O[C@H]2[C@@H]1O. The first-order valence-corrected chi connectivity index (χ1v) is 8.06. The van der Waals surface area contributed by atoms with Gasteiger partial charge in [0.05, 0.1) is 13.7 Å². The maximum atomic E-state index is 10.7. The Morgan fingerprint density at radius 3 is 2.54 bits per heavy atom. The lowest BCUT2D eigenvalue weighted by molar-refractivity contribution is -0.362. The maximum absolute atomic E-state index is 10.7. The van der Waals surface area contributed by atoms with Crippen molar-refractivity contribution in [1.82, 2.24) is 0 Å². The third kappa shape index (κ3) is 3.42. The zero-order valence-corrected chi connectivity index (χ0v) is 14.1. The van der Waals surface area contributed by atoms with Crippen molar-refractivity contribution in [2.24, 2.45) is 0 Å². The fourth-order valence-electron chi connectivity index (χ4n) is 3.06. The van der Waals surface area contributed by atoms with Gasteiger partial charge < -0.3 is 33.5 Å². The molecule has 2 aliphatic rings. The first-order valence-electron chi connectivity index (χ1n) is 8.06. The van der Waals surface area contributed by atoms with E-state index in [1.165, 1.54) is 7.11 Å². The third-order valence-electron chi connectivity index (χ3n) is 4.29. The lowest BCUT2D eigenvalue weighted by Gasteiger charge is -2.47. The van der Waals surface area contributed by atoms with E-state index in [-0.39, 0.29) is 0 Å². The van der Waals surface area contributed by atoms with Crippen LogP contribution in [0.1, 0.15) is 18.8 Å². The van der Waals surface area contributed by atoms with Gasteiger partial charge in [0.15, 0.2) is 12.6 Å². The van der Waals surface area contributed by atoms with E-state index in [0.29, 0.717) is 13.2 Å². The fraction of sp³-hybridized carbons (Fsp3) is 0.647. The Hall–Kier alpha value is -1.22. The van der Waals surface area contributed by atoms with Crippen molar-refractivity contribution in [2.75, 3.05) is 27.4 Å². The van der Waals surface area contributed by atoms with Crippen molar-refractivity contribution in [3.05, 3.63) is 29.8 Å². The van der Waals surface area contributed by atoms with Crippen LogP contribution in [0, 0.1) is 0 Å². The van der Waals surface area contributed by atoms with Crippen molar-refractivity contribution in [2.45, 2.75) is 43.9 Å². The summed E-state index contributed by atoms with van der Waals surface area (Å²) < 4.78 is 33.5. The van der Waals surface area contributed by atoms with Crippen LogP contribution in [0.3, 0.4) is 0 Å². The van der Waals surface area contributed by atoms with E-state index >= 15 is 0 Å². The molecule has 3 rings (SSSR count). The molecule has 0 saturated carbocycles. The molecule has 7 nitrogen and oxygen atoms in total. The first-order chi connectivity index (χ1) is 11.7. The van der Waals surface area contributed by atoms with Gasteiger partial charge >= 0.3 is 0 Å². The second-order valence-electron chi connectivity index (χ2n) is 5.73. The molecule has 1 N–H and O–H groups in total. The van der Waals surface area contributed by atoms with E-state index in [1.807, 2.05) is 31.2 Å². The molecule has 0 amide bonds. The van der Waals surface area contributed by atoms with Crippen LogP contribution in [-0.4, -0.2) is 63.2 Å². The maximum Gasteiger partial charge on any atom is 0.186 e. The molecule has 0 aliphatic carbocycles. The summed E-state index contributed by atoms with van der Waals surface area (Å²) in [7, 11) is 3.14. The van der Waals surface area contributed by atoms with Crippen molar-refractivity contribution < 1.29 is 33.5 Å². The largest absolute Gasteiger partial charge is 0.497 e. The molecule has 1 aromatic rings. The normalized spacial score (nSPS) is 36.2. The van der Waals surface area contributed by atoms with E-state index in [2.05, 4.69) is 0 Å². The number of aliphatic hydroxyl groups excluding tert-OH is 1. The lowest BCUT2D eigenvalue weighted by Crippen LogP contribution is -2.62. The number of hydrogen-bond acceptors (Lipinski definition) is 7. The minimum absolute atomic E-state index is 0.303. The van der Waals surface area contributed by atoms with Crippen molar-refractivity contribution in [3.63, 3.8) is 0 Å². The number of methoxy groups -OCH3 is 2. The molecule has 134 valence electrons. The molecule has 2 heterocycles. The van der Waals surface area contributed by atoms with Gasteiger partial charge in [-0.3, -0.25) is 0 Å². The zero-order chi connectivity index (χ0) is 17.1. The van der Waals surface area contributed by atoms with E-state index < -0.39 is 37.0 Å². The van der Waals surface area contributed by atoms with Gasteiger partial charge in [0.2, 0.25) is 0 Å². The average molecular weight is 340 g/mol. The summed E-state index contributed by atoms with van der Waals surface area (Å²) in [6.07, 6.45) is -3.64. The first kappa shape index (κ1) is 17.6. The van der Waals surface area contributed by atoms with E-state index in [1.54, 1.807) is 7.11 Å². The van der Waals surface area contributed by atoms with Crippen LogP contribution in [0.4, 0.5) is 0 Å². The van der Waals surface area contributed by atoms with Crippen LogP contribution in [0.25, 0.3) is 0 Å². The number of aliphatic hydroxyl groups is 1. The molecule has 0 aromatic heterocycles. The topological polar surface area (TPSA) is 75.6 Å². The molecule has 1 aromatic carbocycles. The smallest absolute Gasteiger partial charge is 0.186 e. The lowest BCUT2D eigenvalue weighted by atomic mass is 9.97. The quantitative estimate of drug-likeness (QED) is 0.864. The van der Waals surface area contributed by atoms with Crippen LogP contribution in [-0.2, 0) is 23.7 Å². The van der Waals surface area contributed by atoms with Crippen molar-refractivity contribution in [3.8, 4) is 5.75 Å². The standard InChI is InChI=1S/C17H24O7/c1-4-21-15-13(18)14-12(23-17(15)20-3)9-22-16(24-14)10-5-7-11(19-2)8-6-10/h5-8,12-18H,4,9H2,1-3H3/t12-,13+,14-,15+,16?,17+/m1/s1. The Morgan fingerprint density at radius 2 is 1.92 bits per heavy atom. The van der Waals surface area contributed by atoms with Gasteiger partial charge in [-0.2, -0.15) is 0 Å². The third-order valence-corrected chi connectivity index (χ3v) is 4.29. The number of benzene rings is 1. The van der Waals surface area contributed by atoms with Gasteiger partial charge in [0.1, 0.15) is 30.2 Å². The highest BCUT2D eigenvalue weighted by Crippen LogP contribution is 2.35. The Bertz CT molecular complexity index is 520. The predicted molar refractivity (Wildman–Crippen MR) is 83.7 cm³/mol. The van der Waals surface area contributed by atoms with Crippen LogP contribution in [0.5, 0.6) is 5.75 Å². The summed E-state index contributed by atoms with van der Waals surface area (Å²) in [4.78, 5) is 0. The monoisotopic (exact) mass is 340 g/mol. The molecule has 2 saturated heterocycles. The van der Waals surface area contributed by atoms with Gasteiger partial charge in [0.25, 0.3) is 0 Å². The minimum atomic E-state index is -0.863. The van der Waals surface area contributed by atoms with E-state index in [4.69, 9.17) is 28.4 Å². The molecule has 2 fully saturated rings. The average Bonchev–Trinajstić information content (AvgIpc) is 2.63. The highest BCUT2D eigenvalue weighted by atomic mass is 16.8. The second-order valence-corrected chi connectivity index (χ2v) is 5.73. The molecule has 0 spiro atoms. The summed E-state index contributed by atoms with van der Waals surface area (Å²) in [6.45, 7) is 2.61. The molecular weight excluding hydrogens is 316 g/mol.